The number of para-hydroxylation sites is 3. The highest BCUT2D eigenvalue weighted by Gasteiger charge is 2.26. The third-order valence-corrected chi connectivity index (χ3v) is 4.85. The maximum Gasteiger partial charge on any atom is 0.292 e. The van der Waals surface area contributed by atoms with Crippen molar-refractivity contribution in [3.05, 3.63) is 76.5 Å². The average Bonchev–Trinajstić information content (AvgIpc) is 2.73. The van der Waals surface area contributed by atoms with Gasteiger partial charge in [-0.1, -0.05) is 30.3 Å². The number of hydrogen-bond donors (Lipinski definition) is 0. The van der Waals surface area contributed by atoms with Gasteiger partial charge in [0.15, 0.2) is 0 Å². The van der Waals surface area contributed by atoms with Crippen molar-refractivity contribution in [1.82, 2.24) is 9.88 Å². The number of pyridine rings is 1. The molecular formula is C20H18N4O3. The molecule has 1 aromatic heterocycles. The zero-order valence-corrected chi connectivity index (χ0v) is 14.6. The van der Waals surface area contributed by atoms with Crippen molar-refractivity contribution in [3.63, 3.8) is 0 Å². The Morgan fingerprint density at radius 1 is 0.963 bits per heavy atom. The van der Waals surface area contributed by atoms with Crippen molar-refractivity contribution >= 4 is 28.2 Å². The summed E-state index contributed by atoms with van der Waals surface area (Å²) in [5.74, 6) is -0.0542. The molecule has 0 atom stereocenters. The second-order valence-corrected chi connectivity index (χ2v) is 6.41. The second-order valence-electron chi connectivity index (χ2n) is 6.41. The van der Waals surface area contributed by atoms with Crippen molar-refractivity contribution in [3.8, 4) is 0 Å². The molecule has 1 fully saturated rings. The molecule has 0 aliphatic carbocycles. The Balaban J connectivity index is 1.53. The molecule has 0 bridgehead atoms. The highest BCUT2D eigenvalue weighted by Crippen LogP contribution is 2.28. The first-order valence-electron chi connectivity index (χ1n) is 8.76. The van der Waals surface area contributed by atoms with Gasteiger partial charge in [-0.2, -0.15) is 0 Å². The van der Waals surface area contributed by atoms with Crippen LogP contribution >= 0.6 is 0 Å². The number of carbonyl (C=O) groups excluding carboxylic acids is 1. The lowest BCUT2D eigenvalue weighted by Crippen LogP contribution is -2.49. The van der Waals surface area contributed by atoms with Crippen LogP contribution in [0.15, 0.2) is 60.8 Å². The number of nitro benzene ring substituents is 1. The molecule has 136 valence electrons. The summed E-state index contributed by atoms with van der Waals surface area (Å²) in [6.07, 6.45) is 1.69. The van der Waals surface area contributed by atoms with Crippen molar-refractivity contribution in [1.29, 1.82) is 0 Å². The lowest BCUT2D eigenvalue weighted by Gasteiger charge is -2.35. The van der Waals surface area contributed by atoms with Crippen LogP contribution in [0.1, 0.15) is 10.4 Å². The number of benzene rings is 2. The molecule has 0 saturated carbocycles. The fraction of sp³-hybridized carbons (Fsp3) is 0.200. The summed E-state index contributed by atoms with van der Waals surface area (Å²) < 4.78 is 0. The van der Waals surface area contributed by atoms with Gasteiger partial charge >= 0.3 is 0 Å². The molecule has 0 spiro atoms. The fourth-order valence-corrected chi connectivity index (χ4v) is 3.48. The molecule has 7 heteroatoms. The number of nitrogens with zero attached hydrogens (tertiary/aromatic N) is 4. The van der Waals surface area contributed by atoms with E-state index in [9.17, 15) is 14.9 Å². The standard InChI is InChI=1S/C20H18N4O3/c25-20(16-7-3-5-15-6-4-10-21-19(15)16)23-13-11-22(12-14-23)17-8-1-2-9-18(17)24(26)27/h1-10H,11-14H2. The van der Waals surface area contributed by atoms with E-state index in [-0.39, 0.29) is 16.5 Å². The van der Waals surface area contributed by atoms with Gasteiger partial charge in [0, 0.05) is 43.8 Å². The van der Waals surface area contributed by atoms with Gasteiger partial charge in [0.1, 0.15) is 5.69 Å². The summed E-state index contributed by atoms with van der Waals surface area (Å²) >= 11 is 0. The molecule has 0 unspecified atom stereocenters. The molecule has 1 amide bonds. The predicted octanol–water partition coefficient (Wildman–Crippen LogP) is 3.11. The van der Waals surface area contributed by atoms with E-state index in [0.29, 0.717) is 42.9 Å². The van der Waals surface area contributed by atoms with Crippen LogP contribution in [0.25, 0.3) is 10.9 Å². The number of anilines is 1. The summed E-state index contributed by atoms with van der Waals surface area (Å²) in [4.78, 5) is 32.0. The van der Waals surface area contributed by atoms with Gasteiger partial charge < -0.3 is 9.80 Å². The molecule has 2 heterocycles. The summed E-state index contributed by atoms with van der Waals surface area (Å²) in [6, 6.07) is 16.1. The molecule has 0 N–H and O–H groups in total. The SMILES string of the molecule is O=C(c1cccc2cccnc12)N1CCN(c2ccccc2[N+](=O)[O-])CC1. The minimum atomic E-state index is -0.366. The second kappa shape index (κ2) is 7.03. The first kappa shape index (κ1) is 17.0. The number of aromatic nitrogens is 1. The number of rotatable bonds is 3. The number of nitro groups is 1. The van der Waals surface area contributed by atoms with Crippen molar-refractivity contribution in [2.75, 3.05) is 31.1 Å². The van der Waals surface area contributed by atoms with Crippen LogP contribution < -0.4 is 4.90 Å². The van der Waals surface area contributed by atoms with E-state index in [4.69, 9.17) is 0 Å². The molecule has 0 radical (unpaired) electrons. The Labute approximate surface area is 156 Å². The summed E-state index contributed by atoms with van der Waals surface area (Å²) in [7, 11) is 0. The predicted molar refractivity (Wildman–Crippen MR) is 103 cm³/mol. The van der Waals surface area contributed by atoms with E-state index < -0.39 is 0 Å². The van der Waals surface area contributed by atoms with Gasteiger partial charge in [-0.15, -0.1) is 0 Å². The summed E-state index contributed by atoms with van der Waals surface area (Å²) in [5.41, 5.74) is 1.98. The minimum Gasteiger partial charge on any atom is -0.362 e. The number of hydrogen-bond acceptors (Lipinski definition) is 5. The van der Waals surface area contributed by atoms with Crippen LogP contribution in [-0.4, -0.2) is 46.9 Å². The Morgan fingerprint density at radius 2 is 1.70 bits per heavy atom. The van der Waals surface area contributed by atoms with Crippen LogP contribution in [0.3, 0.4) is 0 Å². The first-order valence-corrected chi connectivity index (χ1v) is 8.76. The van der Waals surface area contributed by atoms with Gasteiger partial charge in [-0.25, -0.2) is 0 Å². The first-order chi connectivity index (χ1) is 13.1. The lowest BCUT2D eigenvalue weighted by atomic mass is 10.1. The van der Waals surface area contributed by atoms with Crippen LogP contribution in [-0.2, 0) is 0 Å². The highest BCUT2D eigenvalue weighted by molar-refractivity contribution is 6.05. The van der Waals surface area contributed by atoms with E-state index >= 15 is 0 Å². The molecular weight excluding hydrogens is 344 g/mol. The number of amides is 1. The van der Waals surface area contributed by atoms with Gasteiger partial charge in [-0.3, -0.25) is 19.9 Å². The van der Waals surface area contributed by atoms with E-state index in [0.717, 1.165) is 5.39 Å². The largest absolute Gasteiger partial charge is 0.362 e. The van der Waals surface area contributed by atoms with E-state index in [2.05, 4.69) is 4.98 Å². The lowest BCUT2D eigenvalue weighted by molar-refractivity contribution is -0.384. The molecule has 1 saturated heterocycles. The molecule has 27 heavy (non-hydrogen) atoms. The smallest absolute Gasteiger partial charge is 0.292 e. The third-order valence-electron chi connectivity index (χ3n) is 4.85. The van der Waals surface area contributed by atoms with Crippen LogP contribution in [0, 0.1) is 10.1 Å². The van der Waals surface area contributed by atoms with Crippen LogP contribution in [0.4, 0.5) is 11.4 Å². The maximum atomic E-state index is 13.0. The normalized spacial score (nSPS) is 14.4. The van der Waals surface area contributed by atoms with Crippen LogP contribution in [0.2, 0.25) is 0 Å². The van der Waals surface area contributed by atoms with E-state index in [1.54, 1.807) is 35.4 Å². The molecule has 1 aliphatic rings. The minimum absolute atomic E-state index is 0.0542. The molecule has 3 aromatic rings. The topological polar surface area (TPSA) is 79.6 Å². The molecule has 2 aromatic carbocycles. The summed E-state index contributed by atoms with van der Waals surface area (Å²) in [5, 5.41) is 12.2. The van der Waals surface area contributed by atoms with Gasteiger partial charge in [0.25, 0.3) is 11.6 Å². The maximum absolute atomic E-state index is 13.0. The van der Waals surface area contributed by atoms with Crippen molar-refractivity contribution < 1.29 is 9.72 Å². The number of piperazine rings is 1. The Morgan fingerprint density at radius 3 is 2.48 bits per heavy atom. The summed E-state index contributed by atoms with van der Waals surface area (Å²) in [6.45, 7) is 2.12. The van der Waals surface area contributed by atoms with Crippen molar-refractivity contribution in [2.24, 2.45) is 0 Å². The van der Waals surface area contributed by atoms with Gasteiger partial charge in [0.2, 0.25) is 0 Å². The quantitative estimate of drug-likeness (QED) is 0.528. The van der Waals surface area contributed by atoms with E-state index in [1.165, 1.54) is 6.07 Å². The average molecular weight is 362 g/mol. The monoisotopic (exact) mass is 362 g/mol. The highest BCUT2D eigenvalue weighted by atomic mass is 16.6. The van der Waals surface area contributed by atoms with Gasteiger partial charge in [0.05, 0.1) is 16.0 Å². The molecule has 4 rings (SSSR count). The number of carbonyl (C=O) groups is 1. The zero-order chi connectivity index (χ0) is 18.8. The van der Waals surface area contributed by atoms with E-state index in [1.807, 2.05) is 29.2 Å². The Bertz CT molecular complexity index is 1010. The molecule has 7 nitrogen and oxygen atoms in total. The Kier molecular flexibility index (Phi) is 4.42. The number of fused-ring (bicyclic) bond motifs is 1. The fourth-order valence-electron chi connectivity index (χ4n) is 3.48. The third kappa shape index (κ3) is 3.19. The molecule has 1 aliphatic heterocycles. The van der Waals surface area contributed by atoms with Gasteiger partial charge in [-0.05, 0) is 18.2 Å². The van der Waals surface area contributed by atoms with Crippen LogP contribution in [0.5, 0.6) is 0 Å². The Hall–Kier alpha value is -3.48. The van der Waals surface area contributed by atoms with Crippen molar-refractivity contribution in [2.45, 2.75) is 0 Å². The zero-order valence-electron chi connectivity index (χ0n) is 14.6.